The number of allylic oxidation sites excluding steroid dienone is 2. The van der Waals surface area contributed by atoms with Gasteiger partial charge < -0.3 is 5.32 Å². The van der Waals surface area contributed by atoms with Crippen LogP contribution in [-0.2, 0) is 4.79 Å². The Morgan fingerprint density at radius 1 is 1.22 bits per heavy atom. The van der Waals surface area contributed by atoms with Gasteiger partial charge in [0.25, 0.3) is 0 Å². The molecule has 0 saturated carbocycles. The van der Waals surface area contributed by atoms with Gasteiger partial charge in [-0.15, -0.1) is 11.8 Å². The van der Waals surface area contributed by atoms with Crippen molar-refractivity contribution in [2.75, 3.05) is 11.1 Å². The molecule has 6 nitrogen and oxygen atoms in total. The van der Waals surface area contributed by atoms with Gasteiger partial charge in [0, 0.05) is 23.9 Å². The third-order valence-electron chi connectivity index (χ3n) is 3.26. The van der Waals surface area contributed by atoms with E-state index in [9.17, 15) is 14.4 Å². The van der Waals surface area contributed by atoms with Crippen molar-refractivity contribution < 1.29 is 14.4 Å². The van der Waals surface area contributed by atoms with E-state index >= 15 is 0 Å². The summed E-state index contributed by atoms with van der Waals surface area (Å²) in [5.41, 5.74) is 1.24. The quantitative estimate of drug-likeness (QED) is 0.880. The fourth-order valence-corrected chi connectivity index (χ4v) is 3.08. The second-order valence-corrected chi connectivity index (χ2v) is 6.01. The first-order chi connectivity index (χ1) is 11.1. The topological polar surface area (TPSA) is 91.9 Å². The maximum absolute atomic E-state index is 12.2. The zero-order chi connectivity index (χ0) is 16.2. The molecule has 1 aliphatic rings. The highest BCUT2D eigenvalue weighted by Gasteiger charge is 2.27. The Kier molecular flexibility index (Phi) is 4.38. The monoisotopic (exact) mass is 327 g/mol. The van der Waals surface area contributed by atoms with E-state index in [1.165, 1.54) is 24.0 Å². The Labute approximate surface area is 136 Å². The Morgan fingerprint density at radius 3 is 2.78 bits per heavy atom. The van der Waals surface area contributed by atoms with E-state index < -0.39 is 0 Å². The van der Waals surface area contributed by atoms with Crippen LogP contribution in [0.5, 0.6) is 0 Å². The first-order valence-corrected chi connectivity index (χ1v) is 7.95. The van der Waals surface area contributed by atoms with Crippen LogP contribution in [-0.4, -0.2) is 33.4 Å². The second kappa shape index (κ2) is 6.62. The molecule has 1 aliphatic carbocycles. The number of hydrogen-bond acceptors (Lipinski definition) is 5. The minimum Gasteiger partial charge on any atom is -0.326 e. The van der Waals surface area contributed by atoms with Gasteiger partial charge in [-0.2, -0.15) is 5.10 Å². The molecule has 2 aromatic rings. The number of aromatic amines is 1. The molecule has 0 spiro atoms. The summed E-state index contributed by atoms with van der Waals surface area (Å²) in [5.74, 6) is -0.227. The van der Waals surface area contributed by atoms with Crippen LogP contribution in [0, 0.1) is 0 Å². The molecule has 0 aliphatic heterocycles. The lowest BCUT2D eigenvalue weighted by atomic mass is 10.0. The predicted molar refractivity (Wildman–Crippen MR) is 87.5 cm³/mol. The van der Waals surface area contributed by atoms with Gasteiger partial charge in [-0.05, 0) is 12.1 Å². The number of nitrogens with zero attached hydrogens (tertiary/aromatic N) is 1. The van der Waals surface area contributed by atoms with E-state index in [-0.39, 0.29) is 35.2 Å². The lowest BCUT2D eigenvalue weighted by Crippen LogP contribution is -2.16. The summed E-state index contributed by atoms with van der Waals surface area (Å²) in [6, 6.07) is 9.15. The van der Waals surface area contributed by atoms with Gasteiger partial charge in [0.1, 0.15) is 5.69 Å². The SMILES string of the molecule is O=C(CCSC1=CC(=O)c2[nH]ncc2C1=O)Nc1ccccc1. The van der Waals surface area contributed by atoms with Crippen molar-refractivity contribution >= 4 is 34.9 Å². The minimum absolute atomic E-state index is 0.136. The molecule has 3 rings (SSSR count). The first kappa shape index (κ1) is 15.2. The molecule has 2 N–H and O–H groups in total. The molecule has 7 heteroatoms. The number of Topliss-reactive ketones (excluding diaryl/α,β-unsaturated/α-hetero) is 1. The number of amides is 1. The van der Waals surface area contributed by atoms with E-state index in [1.54, 1.807) is 12.1 Å². The lowest BCUT2D eigenvalue weighted by molar-refractivity contribution is -0.115. The smallest absolute Gasteiger partial charge is 0.225 e. The number of anilines is 1. The molecule has 1 heterocycles. The molecular formula is C16H13N3O3S. The predicted octanol–water partition coefficient (Wildman–Crippen LogP) is 2.43. The highest BCUT2D eigenvalue weighted by molar-refractivity contribution is 8.04. The molecule has 0 atom stereocenters. The van der Waals surface area contributed by atoms with Gasteiger partial charge in [0.2, 0.25) is 17.5 Å². The van der Waals surface area contributed by atoms with Gasteiger partial charge >= 0.3 is 0 Å². The summed E-state index contributed by atoms with van der Waals surface area (Å²) < 4.78 is 0. The Morgan fingerprint density at radius 2 is 2.00 bits per heavy atom. The largest absolute Gasteiger partial charge is 0.326 e. The third-order valence-corrected chi connectivity index (χ3v) is 4.28. The molecular weight excluding hydrogens is 314 g/mol. The number of para-hydroxylation sites is 1. The highest BCUT2D eigenvalue weighted by atomic mass is 32.2. The minimum atomic E-state index is -0.270. The van der Waals surface area contributed by atoms with Crippen LogP contribution in [0.25, 0.3) is 0 Å². The molecule has 0 unspecified atom stereocenters. The zero-order valence-electron chi connectivity index (χ0n) is 12.0. The van der Waals surface area contributed by atoms with Crippen LogP contribution in [0.1, 0.15) is 27.3 Å². The number of H-pyrrole nitrogens is 1. The molecule has 1 amide bonds. The van der Waals surface area contributed by atoms with Gasteiger partial charge in [0.05, 0.1) is 16.7 Å². The number of rotatable bonds is 5. The Bertz CT molecular complexity index is 796. The summed E-state index contributed by atoms with van der Waals surface area (Å²) in [5, 5.41) is 9.02. The van der Waals surface area contributed by atoms with Gasteiger partial charge in [-0.25, -0.2) is 0 Å². The van der Waals surface area contributed by atoms with Crippen molar-refractivity contribution in [2.45, 2.75) is 6.42 Å². The van der Waals surface area contributed by atoms with E-state index in [2.05, 4.69) is 15.5 Å². The Balaban J connectivity index is 1.54. The summed E-state index contributed by atoms with van der Waals surface area (Å²) >= 11 is 1.20. The first-order valence-electron chi connectivity index (χ1n) is 6.97. The summed E-state index contributed by atoms with van der Waals surface area (Å²) in [4.78, 5) is 36.2. The highest BCUT2D eigenvalue weighted by Crippen LogP contribution is 2.27. The lowest BCUT2D eigenvalue weighted by Gasteiger charge is -2.10. The van der Waals surface area contributed by atoms with Crippen molar-refractivity contribution in [1.82, 2.24) is 10.2 Å². The normalized spacial score (nSPS) is 13.5. The van der Waals surface area contributed by atoms with Crippen molar-refractivity contribution in [1.29, 1.82) is 0 Å². The average Bonchev–Trinajstić information content (AvgIpc) is 3.03. The number of hydrogen-bond donors (Lipinski definition) is 2. The van der Waals surface area contributed by atoms with Crippen LogP contribution in [0.4, 0.5) is 5.69 Å². The van der Waals surface area contributed by atoms with Gasteiger partial charge in [-0.1, -0.05) is 18.2 Å². The third kappa shape index (κ3) is 3.40. The number of carbonyl (C=O) groups is 3. The number of thioether (sulfide) groups is 1. The molecule has 23 heavy (non-hydrogen) atoms. The van der Waals surface area contributed by atoms with Crippen molar-refractivity contribution in [3.05, 3.63) is 58.8 Å². The van der Waals surface area contributed by atoms with Gasteiger partial charge in [0.15, 0.2) is 0 Å². The molecule has 1 aromatic carbocycles. The van der Waals surface area contributed by atoms with Crippen LogP contribution in [0.2, 0.25) is 0 Å². The van der Waals surface area contributed by atoms with Crippen LogP contribution < -0.4 is 5.32 Å². The van der Waals surface area contributed by atoms with Crippen molar-refractivity contribution in [3.63, 3.8) is 0 Å². The number of ketones is 2. The summed E-state index contributed by atoms with van der Waals surface area (Å²) in [7, 11) is 0. The number of benzene rings is 1. The zero-order valence-corrected chi connectivity index (χ0v) is 12.9. The maximum atomic E-state index is 12.2. The van der Waals surface area contributed by atoms with Crippen LogP contribution in [0.3, 0.4) is 0 Å². The molecule has 0 radical (unpaired) electrons. The molecule has 116 valence electrons. The molecule has 0 bridgehead atoms. The fourth-order valence-electron chi connectivity index (χ4n) is 2.14. The standard InChI is InChI=1S/C16H13N3O3S/c20-12-8-13(16(22)11-9-17-19-15(11)12)23-7-6-14(21)18-10-4-2-1-3-5-10/h1-5,8-9H,6-7H2,(H,17,19)(H,18,21). The van der Waals surface area contributed by atoms with E-state index in [0.29, 0.717) is 10.7 Å². The number of nitrogens with one attached hydrogen (secondary N) is 2. The Hall–Kier alpha value is -2.67. The molecule has 0 saturated heterocycles. The molecule has 1 aromatic heterocycles. The van der Waals surface area contributed by atoms with Crippen LogP contribution >= 0.6 is 11.8 Å². The maximum Gasteiger partial charge on any atom is 0.225 e. The number of fused-ring (bicyclic) bond motifs is 1. The second-order valence-electron chi connectivity index (χ2n) is 4.87. The number of carbonyl (C=O) groups excluding carboxylic acids is 3. The van der Waals surface area contributed by atoms with Crippen molar-refractivity contribution in [2.24, 2.45) is 0 Å². The average molecular weight is 327 g/mol. The molecule has 0 fully saturated rings. The number of aromatic nitrogens is 2. The van der Waals surface area contributed by atoms with E-state index in [1.807, 2.05) is 18.2 Å². The summed E-state index contributed by atoms with van der Waals surface area (Å²) in [6.07, 6.45) is 2.89. The summed E-state index contributed by atoms with van der Waals surface area (Å²) in [6.45, 7) is 0. The van der Waals surface area contributed by atoms with Crippen molar-refractivity contribution in [3.8, 4) is 0 Å². The van der Waals surface area contributed by atoms with E-state index in [4.69, 9.17) is 0 Å². The van der Waals surface area contributed by atoms with Gasteiger partial charge in [-0.3, -0.25) is 19.5 Å². The van der Waals surface area contributed by atoms with E-state index in [0.717, 1.165) is 5.69 Å². The fraction of sp³-hybridized carbons (Fsp3) is 0.125. The van der Waals surface area contributed by atoms with Crippen LogP contribution in [0.15, 0.2) is 47.5 Å².